The third-order valence-corrected chi connectivity index (χ3v) is 36.7. The van der Waals surface area contributed by atoms with Crippen LogP contribution in [0.5, 0.6) is 11.5 Å². The maximum atomic E-state index is 6.16. The number of aromatic nitrogens is 11. The summed E-state index contributed by atoms with van der Waals surface area (Å²) < 4.78 is 64.5. The van der Waals surface area contributed by atoms with Crippen molar-refractivity contribution in [2.45, 2.75) is 396 Å². The molecular weight excluding hydrogens is 1870 g/mol. The Morgan fingerprint density at radius 3 is 0.882 bits per heavy atom. The number of aryl methyl sites for hydroxylation is 9. The van der Waals surface area contributed by atoms with Crippen molar-refractivity contribution in [2.75, 3.05) is 0 Å². The molecule has 0 saturated carbocycles. The van der Waals surface area contributed by atoms with Gasteiger partial charge in [-0.3, -0.25) is 0 Å². The fraction of sp³-hybridized carbons (Fsp3) is 0.550. The van der Waals surface area contributed by atoms with Crippen molar-refractivity contribution in [3.05, 3.63) is 131 Å². The molecule has 0 N–H and O–H groups in total. The van der Waals surface area contributed by atoms with Gasteiger partial charge in [0.2, 0.25) is 0 Å². The van der Waals surface area contributed by atoms with E-state index in [0.29, 0.717) is 0 Å². The van der Waals surface area contributed by atoms with Gasteiger partial charge in [-0.2, -0.15) is 58.7 Å². The van der Waals surface area contributed by atoms with Crippen LogP contribution < -0.4 is 19.4 Å². The second kappa shape index (κ2) is 35.7. The molecule has 2 unspecified atom stereocenters. The second-order valence-corrected chi connectivity index (χ2v) is 58.6. The molecule has 25 heteroatoms. The molecule has 0 radical (unpaired) electrons. The van der Waals surface area contributed by atoms with Gasteiger partial charge in [0, 0.05) is 94.2 Å². The van der Waals surface area contributed by atoms with Crippen LogP contribution in [-0.4, -0.2) is 52.3 Å². The molecule has 0 spiro atoms. The molecule has 19 rings (SSSR count). The van der Waals surface area contributed by atoms with E-state index in [1.165, 1.54) is 194 Å². The first-order chi connectivity index (χ1) is 62.2. The van der Waals surface area contributed by atoms with Crippen LogP contribution in [-0.2, 0) is 83.4 Å². The summed E-state index contributed by atoms with van der Waals surface area (Å²) in [6.45, 7) is 103. The Labute approximate surface area is 849 Å². The van der Waals surface area contributed by atoms with Gasteiger partial charge in [-0.25, -0.2) is 0 Å². The number of rotatable bonds is 0. The topological polar surface area (TPSA) is 177 Å². The monoisotopic (exact) mass is 2010 g/mol. The van der Waals surface area contributed by atoms with Crippen LogP contribution in [0.1, 0.15) is 370 Å². The average molecular weight is 2020 g/mol. The molecule has 0 aliphatic carbocycles. The van der Waals surface area contributed by atoms with Crippen molar-refractivity contribution in [3.8, 4) is 11.5 Å². The molecule has 10 aromatic heterocycles. The first-order valence-corrected chi connectivity index (χ1v) is 55.6. The highest BCUT2D eigenvalue weighted by atomic mass is 32.1. The van der Waals surface area contributed by atoms with Crippen molar-refractivity contribution in [2.24, 2.45) is 15.8 Å². The molecule has 728 valence electrons. The van der Waals surface area contributed by atoms with Gasteiger partial charge in [-0.15, -0.1) is 56.7 Å². The maximum Gasteiger partial charge on any atom is 0.176 e. The molecular formula is C111H147N13O2S10. The van der Waals surface area contributed by atoms with E-state index in [1.807, 2.05) is 63.7 Å². The number of benzene rings is 7. The molecule has 12 heterocycles. The first kappa shape index (κ1) is 105. The fourth-order valence-corrected chi connectivity index (χ4v) is 29.1. The third kappa shape index (κ3) is 19.2. The molecule has 0 saturated heterocycles. The molecule has 15 nitrogen and oxygen atoms in total. The van der Waals surface area contributed by atoms with Crippen molar-refractivity contribution in [3.63, 3.8) is 0 Å². The molecule has 17 aromatic rings. The zero-order valence-electron chi connectivity index (χ0n) is 90.2. The average Bonchev–Trinajstić information content (AvgIpc) is 1.44. The van der Waals surface area contributed by atoms with E-state index >= 15 is 0 Å². The predicted octanol–water partition coefficient (Wildman–Crippen LogP) is 35.0. The number of hydrogen-bond donors (Lipinski definition) is 0. The van der Waals surface area contributed by atoms with Crippen LogP contribution in [0.15, 0.2) is 33.0 Å². The molecule has 7 aromatic carbocycles. The standard InChI is InChI=1S/C24H28S2.C22H30S2.C20H24N4S2.C16H26O2S.C15H21N5S.C14H18N4S2/c1-13-9-15-16(10-14(13)2)18-12-20(24(6,7)8)26-22(18)21-17(15)11-19(25-21)23(3,4)5;1-11-13(3)23-19-15(11)17(21(5,6)7)20-16(12(2)14(4)24-20)18(19)22(8,9)10;1-9-11-12(16-17(23-26-22-16)13(9)19(3,4)5)10(2)14(20(6,7)8)18-15(11)21-25-24-18;1-9-10(2)18-12-11(17-9)13(15(3,4)5)19-14(12)16(6,7)8;1-14(2,3)8-10-11(17-20(7)16-10)9(15(4,5)6)13-12(8)18-21-19-13;1-13(2,3)7-9-11(17-19-15-9)8(14(4,5)6)12-10(7)16-20-18-12/h9-12H,1-8H3;1-10H3;1-8H3;9-10H,1-8H3;1-7H3;1-6H3. The van der Waals surface area contributed by atoms with Crippen LogP contribution in [0.4, 0.5) is 11.4 Å². The molecule has 2 aliphatic heterocycles. The predicted molar refractivity (Wildman–Crippen MR) is 601 cm³/mol. The van der Waals surface area contributed by atoms with Crippen LogP contribution in [0.2, 0.25) is 0 Å². The number of ether oxygens (including phenoxy) is 2. The summed E-state index contributed by atoms with van der Waals surface area (Å²) in [6, 6.07) is 9.71. The largest absolute Gasteiger partial charge is 0.482 e. The van der Waals surface area contributed by atoms with Crippen molar-refractivity contribution >= 4 is 243 Å². The van der Waals surface area contributed by atoms with Gasteiger partial charge < -0.3 is 9.47 Å². The molecule has 0 fully saturated rings. The lowest BCUT2D eigenvalue weighted by Gasteiger charge is -2.31. The van der Waals surface area contributed by atoms with E-state index in [2.05, 4.69) is 379 Å². The van der Waals surface area contributed by atoms with Crippen LogP contribution in [0, 0.1) is 55.4 Å². The van der Waals surface area contributed by atoms with E-state index in [-0.39, 0.29) is 77.2 Å². The number of hydrogen-bond acceptors (Lipinski definition) is 22. The number of fused-ring (bicyclic) bond motifs is 18. The third-order valence-electron chi connectivity index (χ3n) is 26.3. The highest BCUT2D eigenvalue weighted by Gasteiger charge is 2.42. The Morgan fingerprint density at radius 1 is 0.287 bits per heavy atom. The number of nitrogens with zero attached hydrogens (tertiary/aromatic N) is 13. The van der Waals surface area contributed by atoms with E-state index in [0.717, 1.165) is 100 Å². The molecule has 2 atom stereocenters. The summed E-state index contributed by atoms with van der Waals surface area (Å²) in [5.41, 5.74) is 31.1. The Hall–Kier alpha value is -7.30. The number of thiophene rings is 5. The molecule has 0 bridgehead atoms. The Kier molecular flexibility index (Phi) is 27.4. The van der Waals surface area contributed by atoms with Gasteiger partial charge in [-0.05, 0) is 213 Å². The van der Waals surface area contributed by atoms with Gasteiger partial charge in [0.15, 0.2) is 18.5 Å². The summed E-state index contributed by atoms with van der Waals surface area (Å²) in [7, 11) is 1.87. The minimum absolute atomic E-state index is 0.0152. The van der Waals surface area contributed by atoms with Gasteiger partial charge in [0.25, 0.3) is 0 Å². The Morgan fingerprint density at radius 2 is 0.581 bits per heavy atom. The first-order valence-electron chi connectivity index (χ1n) is 47.8. The lowest BCUT2D eigenvalue weighted by molar-refractivity contribution is -0.783. The van der Waals surface area contributed by atoms with Crippen LogP contribution in [0.25, 0.3) is 117 Å². The second-order valence-electron chi connectivity index (χ2n) is 50.4. The highest BCUT2D eigenvalue weighted by molar-refractivity contribution is 7.58. The van der Waals surface area contributed by atoms with Crippen molar-refractivity contribution in [1.82, 2.24) is 45.2 Å². The van der Waals surface area contributed by atoms with Gasteiger partial charge in [0.05, 0.1) is 77.4 Å². The van der Waals surface area contributed by atoms with E-state index in [9.17, 15) is 0 Å². The van der Waals surface area contributed by atoms with Crippen LogP contribution in [0.3, 0.4) is 0 Å². The van der Waals surface area contributed by atoms with E-state index in [4.69, 9.17) is 27.0 Å². The zero-order chi connectivity index (χ0) is 101. The summed E-state index contributed by atoms with van der Waals surface area (Å²) in [5, 5.41) is 20.4. The van der Waals surface area contributed by atoms with Gasteiger partial charge in [0.1, 0.15) is 67.7 Å². The normalized spacial score (nSPS) is 15.0. The van der Waals surface area contributed by atoms with E-state index < -0.39 is 0 Å². The maximum absolute atomic E-state index is 6.16. The summed E-state index contributed by atoms with van der Waals surface area (Å²) in [4.78, 5) is 10.1. The van der Waals surface area contributed by atoms with Crippen molar-refractivity contribution in [1.29, 1.82) is 0 Å². The minimum atomic E-state index is -0.0568. The molecule has 2 aliphatic rings. The van der Waals surface area contributed by atoms with Crippen LogP contribution >= 0.6 is 104 Å². The van der Waals surface area contributed by atoms with Crippen molar-refractivity contribution < 1.29 is 14.3 Å². The summed E-state index contributed by atoms with van der Waals surface area (Å²) >= 11 is 16.3. The fourth-order valence-electron chi connectivity index (χ4n) is 19.6. The summed E-state index contributed by atoms with van der Waals surface area (Å²) in [5.74, 6) is 1.96. The SMILES string of the molecule is CC(C)(C)c1c2c(c(C(C)(C)C)c3nsnc13)N=S=N2.CC1Oc2c(C(C)(C)C)sc(C(C)(C)C)c2OC1C.C[n+]1nc2c(C(C)(C)C)c3nsnc3c(C(C)(C)C)c2[n-]1.Cc1c(C(C)(C)C)c2nsnc2c2c(C)c(C(C)(C)C)c3nsnc3c12.Cc1cc2c(cc1C)c1cc(C(C)(C)C)sc1c1sc(C(C)(C)C)cc21.Cc1sc2c(C(C)(C)C)c3c(C)c(C)sc3c(C(C)(C)C)c2c1C. The Bertz CT molecular complexity index is 7230. The van der Waals surface area contributed by atoms with Gasteiger partial charge in [-0.1, -0.05) is 261 Å². The highest BCUT2D eigenvalue weighted by Crippen LogP contribution is 2.58. The minimum Gasteiger partial charge on any atom is -0.482 e. The Balaban J connectivity index is 0.000000131. The van der Waals surface area contributed by atoms with Gasteiger partial charge >= 0.3 is 0 Å². The summed E-state index contributed by atoms with van der Waals surface area (Å²) in [6.07, 6.45) is 0.215. The quantitative estimate of drug-likeness (QED) is 0.131. The lowest BCUT2D eigenvalue weighted by Crippen LogP contribution is -2.35. The smallest absolute Gasteiger partial charge is 0.176 e. The van der Waals surface area contributed by atoms with E-state index in [1.54, 1.807) is 15.9 Å². The molecule has 0 amide bonds. The lowest BCUT2D eigenvalue weighted by atomic mass is 9.77. The molecule has 136 heavy (non-hydrogen) atoms. The zero-order valence-corrected chi connectivity index (χ0v) is 98.3.